The third kappa shape index (κ3) is 2.08. The van der Waals surface area contributed by atoms with E-state index in [1.165, 1.54) is 0 Å². The summed E-state index contributed by atoms with van der Waals surface area (Å²) in [6.07, 6.45) is 0. The molecule has 0 atom stereocenters. The quantitative estimate of drug-likeness (QED) is 0.743. The van der Waals surface area contributed by atoms with Crippen LogP contribution in [0.5, 0.6) is 0 Å². The van der Waals surface area contributed by atoms with Gasteiger partial charge in [0.2, 0.25) is 0 Å². The van der Waals surface area contributed by atoms with Crippen molar-refractivity contribution in [1.29, 1.82) is 0 Å². The van der Waals surface area contributed by atoms with Crippen LogP contribution < -0.4 is 5.69 Å². The van der Waals surface area contributed by atoms with Crippen LogP contribution in [-0.2, 0) is 13.6 Å². The molecule has 0 amide bonds. The van der Waals surface area contributed by atoms with Gasteiger partial charge in [0, 0.05) is 18.3 Å². The number of nitrogens with zero attached hydrogens (tertiary/aromatic N) is 3. The predicted molar refractivity (Wildman–Crippen MR) is 82.5 cm³/mol. The van der Waals surface area contributed by atoms with Gasteiger partial charge < -0.3 is 0 Å². The molecule has 0 aliphatic heterocycles. The molecule has 104 valence electrons. The minimum absolute atomic E-state index is 0.00490. The lowest BCUT2D eigenvalue weighted by molar-refractivity contribution is 0.719. The molecule has 20 heavy (non-hydrogen) atoms. The van der Waals surface area contributed by atoms with E-state index in [4.69, 9.17) is 0 Å². The Morgan fingerprint density at radius 2 is 1.95 bits per heavy atom. The van der Waals surface area contributed by atoms with E-state index in [1.54, 1.807) is 20.5 Å². The summed E-state index contributed by atoms with van der Waals surface area (Å²) in [5.74, 6) is 0.429. The normalized spacial score (nSPS) is 11.6. The summed E-state index contributed by atoms with van der Waals surface area (Å²) in [7, 11) is 1.81. The van der Waals surface area contributed by atoms with Crippen molar-refractivity contribution >= 4 is 22.4 Å². The summed E-state index contributed by atoms with van der Waals surface area (Å²) >= 11 is 1.66. The fourth-order valence-corrected chi connectivity index (χ4v) is 3.16. The standard InChI is InChI=1S/C15H17N3OS/c1-10(2)14-16-11(9-20-14)8-18-13-7-5-4-6-12(13)17(3)15(18)19/h4-7,9-10H,8H2,1-3H3. The van der Waals surface area contributed by atoms with Gasteiger partial charge >= 0.3 is 5.69 Å². The summed E-state index contributed by atoms with van der Waals surface area (Å²) in [5, 5.41) is 3.16. The molecule has 0 spiro atoms. The summed E-state index contributed by atoms with van der Waals surface area (Å²) in [4.78, 5) is 16.9. The van der Waals surface area contributed by atoms with E-state index in [1.807, 2.05) is 36.7 Å². The smallest absolute Gasteiger partial charge is 0.295 e. The number of para-hydroxylation sites is 2. The Morgan fingerprint density at radius 3 is 2.60 bits per heavy atom. The molecule has 0 aliphatic carbocycles. The van der Waals surface area contributed by atoms with Crippen LogP contribution in [0.25, 0.3) is 11.0 Å². The maximum absolute atomic E-state index is 12.3. The Labute approximate surface area is 121 Å². The number of hydrogen-bond acceptors (Lipinski definition) is 3. The summed E-state index contributed by atoms with van der Waals surface area (Å²) in [5.41, 5.74) is 2.87. The van der Waals surface area contributed by atoms with Crippen molar-refractivity contribution in [1.82, 2.24) is 14.1 Å². The van der Waals surface area contributed by atoms with Gasteiger partial charge in [-0.15, -0.1) is 11.3 Å². The van der Waals surface area contributed by atoms with Crippen LogP contribution >= 0.6 is 11.3 Å². The van der Waals surface area contributed by atoms with Crippen molar-refractivity contribution in [2.75, 3.05) is 0 Å². The molecule has 0 fully saturated rings. The van der Waals surface area contributed by atoms with E-state index in [2.05, 4.69) is 18.8 Å². The molecule has 4 nitrogen and oxygen atoms in total. The minimum atomic E-state index is 0.00490. The van der Waals surface area contributed by atoms with E-state index < -0.39 is 0 Å². The molecular weight excluding hydrogens is 270 g/mol. The van der Waals surface area contributed by atoms with E-state index in [9.17, 15) is 4.79 Å². The highest BCUT2D eigenvalue weighted by Gasteiger charge is 2.12. The van der Waals surface area contributed by atoms with Crippen molar-refractivity contribution in [2.24, 2.45) is 7.05 Å². The molecule has 0 radical (unpaired) electrons. The monoisotopic (exact) mass is 287 g/mol. The van der Waals surface area contributed by atoms with Gasteiger partial charge in [-0.2, -0.15) is 0 Å². The second kappa shape index (κ2) is 4.90. The van der Waals surface area contributed by atoms with Crippen molar-refractivity contribution < 1.29 is 0 Å². The Morgan fingerprint density at radius 1 is 1.25 bits per heavy atom. The Kier molecular flexibility index (Phi) is 3.22. The number of aryl methyl sites for hydroxylation is 1. The molecule has 5 heteroatoms. The van der Waals surface area contributed by atoms with E-state index >= 15 is 0 Å². The van der Waals surface area contributed by atoms with Gasteiger partial charge in [0.15, 0.2) is 0 Å². The third-order valence-electron chi connectivity index (χ3n) is 3.44. The first-order chi connectivity index (χ1) is 9.58. The first kappa shape index (κ1) is 13.1. The molecule has 0 saturated carbocycles. The van der Waals surface area contributed by atoms with Crippen LogP contribution in [0.15, 0.2) is 34.4 Å². The average Bonchev–Trinajstić information content (AvgIpc) is 3.00. The molecule has 0 aliphatic rings. The van der Waals surface area contributed by atoms with Crippen LogP contribution in [-0.4, -0.2) is 14.1 Å². The Hall–Kier alpha value is -1.88. The topological polar surface area (TPSA) is 39.8 Å². The fourth-order valence-electron chi connectivity index (χ4n) is 2.34. The van der Waals surface area contributed by atoms with Gasteiger partial charge in [-0.1, -0.05) is 26.0 Å². The molecule has 2 aromatic heterocycles. The zero-order valence-corrected chi connectivity index (χ0v) is 12.6. The molecule has 0 unspecified atom stereocenters. The predicted octanol–water partition coefficient (Wildman–Crippen LogP) is 2.97. The summed E-state index contributed by atoms with van der Waals surface area (Å²) < 4.78 is 3.47. The molecule has 0 saturated heterocycles. The first-order valence-corrected chi connectivity index (χ1v) is 7.54. The van der Waals surface area contributed by atoms with Gasteiger partial charge in [-0.25, -0.2) is 9.78 Å². The number of imidazole rings is 1. The molecule has 0 N–H and O–H groups in total. The van der Waals surface area contributed by atoms with Gasteiger partial charge in [0.25, 0.3) is 0 Å². The van der Waals surface area contributed by atoms with Crippen molar-refractivity contribution in [3.8, 4) is 0 Å². The summed E-state index contributed by atoms with van der Waals surface area (Å²) in [6, 6.07) is 7.85. The van der Waals surface area contributed by atoms with Crippen LogP contribution in [0.2, 0.25) is 0 Å². The van der Waals surface area contributed by atoms with E-state index in [-0.39, 0.29) is 5.69 Å². The molecular formula is C15H17N3OS. The third-order valence-corrected chi connectivity index (χ3v) is 4.63. The van der Waals surface area contributed by atoms with Crippen LogP contribution in [0.1, 0.15) is 30.5 Å². The highest BCUT2D eigenvalue weighted by molar-refractivity contribution is 7.09. The lowest BCUT2D eigenvalue weighted by Gasteiger charge is -2.00. The maximum Gasteiger partial charge on any atom is 0.329 e. The SMILES string of the molecule is CC(C)c1nc(Cn2c(=O)n(C)c3ccccc32)cs1. The zero-order chi connectivity index (χ0) is 14.3. The summed E-state index contributed by atoms with van der Waals surface area (Å²) in [6.45, 7) is 4.79. The number of rotatable bonds is 3. The first-order valence-electron chi connectivity index (χ1n) is 6.66. The van der Waals surface area contributed by atoms with Crippen LogP contribution in [0.3, 0.4) is 0 Å². The minimum Gasteiger partial charge on any atom is -0.295 e. The molecule has 3 aromatic rings. The number of aromatic nitrogens is 3. The second-order valence-electron chi connectivity index (χ2n) is 5.25. The molecule has 2 heterocycles. The van der Waals surface area contributed by atoms with Crippen molar-refractivity contribution in [3.05, 3.63) is 50.8 Å². The number of hydrogen-bond donors (Lipinski definition) is 0. The Bertz CT molecular complexity index is 810. The van der Waals surface area contributed by atoms with Crippen molar-refractivity contribution in [3.63, 3.8) is 0 Å². The zero-order valence-electron chi connectivity index (χ0n) is 11.8. The lowest BCUT2D eigenvalue weighted by Crippen LogP contribution is -2.22. The number of benzene rings is 1. The lowest BCUT2D eigenvalue weighted by atomic mass is 10.2. The fraction of sp³-hybridized carbons (Fsp3) is 0.333. The van der Waals surface area contributed by atoms with Gasteiger partial charge in [-0.3, -0.25) is 9.13 Å². The van der Waals surface area contributed by atoms with E-state index in [0.29, 0.717) is 12.5 Å². The maximum atomic E-state index is 12.3. The number of thiazole rings is 1. The Balaban J connectivity index is 2.06. The molecule has 3 rings (SSSR count). The highest BCUT2D eigenvalue weighted by atomic mass is 32.1. The van der Waals surface area contributed by atoms with Gasteiger partial charge in [-0.05, 0) is 12.1 Å². The molecule has 0 bridgehead atoms. The van der Waals surface area contributed by atoms with E-state index in [0.717, 1.165) is 21.7 Å². The molecule has 1 aromatic carbocycles. The average molecular weight is 287 g/mol. The second-order valence-corrected chi connectivity index (χ2v) is 6.14. The largest absolute Gasteiger partial charge is 0.329 e. The van der Waals surface area contributed by atoms with Gasteiger partial charge in [0.05, 0.1) is 28.3 Å². The van der Waals surface area contributed by atoms with Crippen molar-refractivity contribution in [2.45, 2.75) is 26.3 Å². The van der Waals surface area contributed by atoms with Gasteiger partial charge in [0.1, 0.15) is 0 Å². The van der Waals surface area contributed by atoms with Crippen LogP contribution in [0.4, 0.5) is 0 Å². The highest BCUT2D eigenvalue weighted by Crippen LogP contribution is 2.20. The number of fused-ring (bicyclic) bond motifs is 1. The van der Waals surface area contributed by atoms with Crippen LogP contribution in [0, 0.1) is 0 Å².